The second-order valence-corrected chi connectivity index (χ2v) is 6.69. The molecule has 0 bridgehead atoms. The molecular formula is C22H27NO3. The minimum Gasteiger partial charge on any atom is -0.494 e. The van der Waals surface area contributed by atoms with Gasteiger partial charge in [-0.1, -0.05) is 18.2 Å². The van der Waals surface area contributed by atoms with E-state index in [0.717, 1.165) is 29.9 Å². The van der Waals surface area contributed by atoms with Crippen LogP contribution < -0.4 is 14.8 Å². The molecule has 1 unspecified atom stereocenters. The number of carbonyl (C=O) groups excluding carboxylic acids is 1. The first-order chi connectivity index (χ1) is 12.7. The summed E-state index contributed by atoms with van der Waals surface area (Å²) in [6.07, 6.45) is 4.21. The van der Waals surface area contributed by atoms with Crippen LogP contribution in [0.5, 0.6) is 11.5 Å². The molecule has 0 heterocycles. The highest BCUT2D eigenvalue weighted by molar-refractivity contribution is 5.80. The standard InChI is InChI=1S/C22H27NO3/c1-3-25-20-11-8-17(9-12-20)15-23-22(24)16(2)26-21-13-10-18-6-4-5-7-19(18)14-21/h8-14,16H,3-7,15H2,1-2H3,(H,23,24). The van der Waals surface area contributed by atoms with E-state index in [1.54, 1.807) is 6.92 Å². The molecule has 4 nitrogen and oxygen atoms in total. The maximum atomic E-state index is 12.3. The van der Waals surface area contributed by atoms with Crippen molar-refractivity contribution in [1.82, 2.24) is 5.32 Å². The molecule has 1 atom stereocenters. The van der Waals surface area contributed by atoms with Crippen molar-refractivity contribution in [3.63, 3.8) is 0 Å². The highest BCUT2D eigenvalue weighted by Crippen LogP contribution is 2.25. The largest absolute Gasteiger partial charge is 0.494 e. The zero-order chi connectivity index (χ0) is 18.4. The average molecular weight is 353 g/mol. The van der Waals surface area contributed by atoms with Crippen molar-refractivity contribution < 1.29 is 14.3 Å². The smallest absolute Gasteiger partial charge is 0.261 e. The lowest BCUT2D eigenvalue weighted by Crippen LogP contribution is -2.35. The molecule has 0 aromatic heterocycles. The molecular weight excluding hydrogens is 326 g/mol. The first-order valence-electron chi connectivity index (χ1n) is 9.43. The summed E-state index contributed by atoms with van der Waals surface area (Å²) in [5.41, 5.74) is 3.80. The molecule has 2 aromatic carbocycles. The Morgan fingerprint density at radius 1 is 1.04 bits per heavy atom. The summed E-state index contributed by atoms with van der Waals surface area (Å²) in [7, 11) is 0. The van der Waals surface area contributed by atoms with Crippen LogP contribution in [-0.2, 0) is 24.2 Å². The number of benzene rings is 2. The fourth-order valence-corrected chi connectivity index (χ4v) is 3.24. The zero-order valence-corrected chi connectivity index (χ0v) is 15.6. The van der Waals surface area contributed by atoms with Gasteiger partial charge in [0.2, 0.25) is 0 Å². The van der Waals surface area contributed by atoms with Crippen LogP contribution in [0, 0.1) is 0 Å². The van der Waals surface area contributed by atoms with Crippen molar-refractivity contribution in [2.45, 2.75) is 52.2 Å². The number of ether oxygens (including phenoxy) is 2. The molecule has 26 heavy (non-hydrogen) atoms. The summed E-state index contributed by atoms with van der Waals surface area (Å²) >= 11 is 0. The topological polar surface area (TPSA) is 47.6 Å². The van der Waals surface area contributed by atoms with E-state index in [-0.39, 0.29) is 5.91 Å². The molecule has 4 heteroatoms. The lowest BCUT2D eigenvalue weighted by molar-refractivity contribution is -0.127. The maximum Gasteiger partial charge on any atom is 0.261 e. The van der Waals surface area contributed by atoms with E-state index in [0.29, 0.717) is 13.2 Å². The van der Waals surface area contributed by atoms with Crippen LogP contribution in [-0.4, -0.2) is 18.6 Å². The Kier molecular flexibility index (Phi) is 6.16. The van der Waals surface area contributed by atoms with E-state index in [9.17, 15) is 4.79 Å². The Balaban J connectivity index is 1.51. The van der Waals surface area contributed by atoms with E-state index in [1.165, 1.54) is 24.0 Å². The van der Waals surface area contributed by atoms with Crippen LogP contribution in [0.4, 0.5) is 0 Å². The predicted molar refractivity (Wildman–Crippen MR) is 103 cm³/mol. The molecule has 1 aliphatic carbocycles. The Bertz CT molecular complexity index is 740. The minimum atomic E-state index is -0.528. The van der Waals surface area contributed by atoms with Crippen LogP contribution >= 0.6 is 0 Å². The van der Waals surface area contributed by atoms with Gasteiger partial charge in [0.15, 0.2) is 6.10 Å². The number of aryl methyl sites for hydroxylation is 2. The van der Waals surface area contributed by atoms with Crippen molar-refractivity contribution in [2.75, 3.05) is 6.61 Å². The quantitative estimate of drug-likeness (QED) is 0.817. The molecule has 1 amide bonds. The number of rotatable bonds is 7. The van der Waals surface area contributed by atoms with Gasteiger partial charge in [0.05, 0.1) is 6.61 Å². The molecule has 0 fully saturated rings. The maximum absolute atomic E-state index is 12.3. The third kappa shape index (κ3) is 4.78. The van der Waals surface area contributed by atoms with Crippen LogP contribution in [0.15, 0.2) is 42.5 Å². The van der Waals surface area contributed by atoms with E-state index >= 15 is 0 Å². The van der Waals surface area contributed by atoms with Crippen LogP contribution in [0.25, 0.3) is 0 Å². The molecule has 2 aromatic rings. The number of nitrogens with one attached hydrogen (secondary N) is 1. The lowest BCUT2D eigenvalue weighted by Gasteiger charge is -2.19. The van der Waals surface area contributed by atoms with Crippen LogP contribution in [0.3, 0.4) is 0 Å². The molecule has 0 saturated heterocycles. The van der Waals surface area contributed by atoms with Crippen molar-refractivity contribution >= 4 is 5.91 Å². The van der Waals surface area contributed by atoms with Crippen molar-refractivity contribution in [3.8, 4) is 11.5 Å². The molecule has 0 saturated carbocycles. The van der Waals surface area contributed by atoms with Gasteiger partial charge >= 0.3 is 0 Å². The van der Waals surface area contributed by atoms with E-state index in [4.69, 9.17) is 9.47 Å². The third-order valence-corrected chi connectivity index (χ3v) is 4.70. The summed E-state index contributed by atoms with van der Waals surface area (Å²) < 4.78 is 11.3. The summed E-state index contributed by atoms with van der Waals surface area (Å²) in [4.78, 5) is 12.3. The Labute approximate surface area is 155 Å². The van der Waals surface area contributed by atoms with Crippen LogP contribution in [0.1, 0.15) is 43.4 Å². The molecule has 1 N–H and O–H groups in total. The zero-order valence-electron chi connectivity index (χ0n) is 15.6. The SMILES string of the molecule is CCOc1ccc(CNC(=O)C(C)Oc2ccc3c(c2)CCCC3)cc1. The van der Waals surface area contributed by atoms with Gasteiger partial charge in [-0.15, -0.1) is 0 Å². The van der Waals surface area contributed by atoms with Gasteiger partial charge in [0.1, 0.15) is 11.5 Å². The summed E-state index contributed by atoms with van der Waals surface area (Å²) in [6.45, 7) is 4.86. The summed E-state index contributed by atoms with van der Waals surface area (Å²) in [5.74, 6) is 1.50. The van der Waals surface area contributed by atoms with Crippen molar-refractivity contribution in [1.29, 1.82) is 0 Å². The predicted octanol–water partition coefficient (Wildman–Crippen LogP) is 4.05. The lowest BCUT2D eigenvalue weighted by atomic mass is 9.92. The number of hydrogen-bond donors (Lipinski definition) is 1. The third-order valence-electron chi connectivity index (χ3n) is 4.70. The second kappa shape index (κ2) is 8.75. The van der Waals surface area contributed by atoms with Crippen molar-refractivity contribution in [2.24, 2.45) is 0 Å². The highest BCUT2D eigenvalue weighted by atomic mass is 16.5. The molecule has 0 aliphatic heterocycles. The van der Waals surface area contributed by atoms with E-state index in [1.807, 2.05) is 37.3 Å². The number of hydrogen-bond acceptors (Lipinski definition) is 3. The minimum absolute atomic E-state index is 0.114. The summed E-state index contributed by atoms with van der Waals surface area (Å²) in [5, 5.41) is 2.93. The highest BCUT2D eigenvalue weighted by Gasteiger charge is 2.16. The molecule has 0 spiro atoms. The van der Waals surface area contributed by atoms with E-state index in [2.05, 4.69) is 17.4 Å². The Morgan fingerprint density at radius 3 is 2.46 bits per heavy atom. The van der Waals surface area contributed by atoms with Gasteiger partial charge in [-0.25, -0.2) is 0 Å². The van der Waals surface area contributed by atoms with Gasteiger partial charge in [0.25, 0.3) is 5.91 Å². The van der Waals surface area contributed by atoms with Gasteiger partial charge in [-0.3, -0.25) is 4.79 Å². The molecule has 138 valence electrons. The normalized spacial score (nSPS) is 14.2. The molecule has 0 radical (unpaired) electrons. The second-order valence-electron chi connectivity index (χ2n) is 6.69. The average Bonchev–Trinajstić information content (AvgIpc) is 2.67. The molecule has 3 rings (SSSR count). The van der Waals surface area contributed by atoms with Gasteiger partial charge < -0.3 is 14.8 Å². The fraction of sp³-hybridized carbons (Fsp3) is 0.409. The monoisotopic (exact) mass is 353 g/mol. The molecule has 1 aliphatic rings. The Hall–Kier alpha value is -2.49. The van der Waals surface area contributed by atoms with Gasteiger partial charge in [-0.2, -0.15) is 0 Å². The first kappa shape index (κ1) is 18.3. The summed E-state index contributed by atoms with van der Waals surface area (Å²) in [6, 6.07) is 13.9. The van der Waals surface area contributed by atoms with Crippen LogP contribution in [0.2, 0.25) is 0 Å². The first-order valence-corrected chi connectivity index (χ1v) is 9.43. The number of fused-ring (bicyclic) bond motifs is 1. The number of amides is 1. The van der Waals surface area contributed by atoms with Gasteiger partial charge in [-0.05, 0) is 80.5 Å². The fourth-order valence-electron chi connectivity index (χ4n) is 3.24. The van der Waals surface area contributed by atoms with E-state index < -0.39 is 6.10 Å². The Morgan fingerprint density at radius 2 is 1.73 bits per heavy atom. The number of carbonyl (C=O) groups is 1. The van der Waals surface area contributed by atoms with Crippen molar-refractivity contribution in [3.05, 3.63) is 59.2 Å². The van der Waals surface area contributed by atoms with Gasteiger partial charge in [0, 0.05) is 6.54 Å².